The Bertz CT molecular complexity index is 635. The summed E-state index contributed by atoms with van der Waals surface area (Å²) in [5.41, 5.74) is 4.83. The number of likely N-dealkylation sites (N-methyl/N-ethyl adjacent to an activating group) is 1. The summed E-state index contributed by atoms with van der Waals surface area (Å²) in [6.45, 7) is 4.18. The van der Waals surface area contributed by atoms with Gasteiger partial charge in [0, 0.05) is 18.8 Å². The number of aryl methyl sites for hydroxylation is 2. The number of aromatic nitrogens is 2. The van der Waals surface area contributed by atoms with Gasteiger partial charge in [-0.3, -0.25) is 4.68 Å². The Kier molecular flexibility index (Phi) is 5.31. The Labute approximate surface area is 136 Å². The van der Waals surface area contributed by atoms with Crippen LogP contribution in [0.4, 0.5) is 0 Å². The van der Waals surface area contributed by atoms with Gasteiger partial charge < -0.3 is 5.32 Å². The Morgan fingerprint density at radius 3 is 2.43 bits per heavy atom. The fourth-order valence-electron chi connectivity index (χ4n) is 2.59. The van der Waals surface area contributed by atoms with Crippen molar-refractivity contribution in [2.75, 3.05) is 7.05 Å². The molecule has 0 aliphatic carbocycles. The number of hydrogen-bond donors (Lipinski definition) is 1. The predicted octanol–water partition coefficient (Wildman–Crippen LogP) is 3.72. The molecule has 0 radical (unpaired) electrons. The van der Waals surface area contributed by atoms with Crippen molar-refractivity contribution in [3.05, 3.63) is 50.8 Å². The molecule has 0 spiro atoms. The summed E-state index contributed by atoms with van der Waals surface area (Å²) >= 11 is 12.1. The van der Waals surface area contributed by atoms with E-state index in [4.69, 9.17) is 23.2 Å². The number of nitrogens with zero attached hydrogens (tertiary/aromatic N) is 2. The number of benzene rings is 1. The van der Waals surface area contributed by atoms with Crippen LogP contribution in [0, 0.1) is 13.8 Å². The lowest BCUT2D eigenvalue weighted by atomic mass is 9.98. The molecule has 2 aromatic rings. The maximum Gasteiger partial charge on any atom is 0.0628 e. The van der Waals surface area contributed by atoms with Crippen LogP contribution in [0.5, 0.6) is 0 Å². The van der Waals surface area contributed by atoms with E-state index in [0.29, 0.717) is 16.1 Å². The molecule has 21 heavy (non-hydrogen) atoms. The third kappa shape index (κ3) is 3.79. The highest BCUT2D eigenvalue weighted by Crippen LogP contribution is 2.24. The molecular formula is C16H21Cl2N3. The summed E-state index contributed by atoms with van der Waals surface area (Å²) in [5.74, 6) is 0. The minimum atomic E-state index is 0.337. The molecule has 0 fully saturated rings. The van der Waals surface area contributed by atoms with Gasteiger partial charge in [0.1, 0.15) is 0 Å². The van der Waals surface area contributed by atoms with Crippen LogP contribution in [0.15, 0.2) is 18.2 Å². The van der Waals surface area contributed by atoms with Gasteiger partial charge in [-0.15, -0.1) is 0 Å². The van der Waals surface area contributed by atoms with Crippen LogP contribution in [0.1, 0.15) is 22.5 Å². The molecule has 1 heterocycles. The molecule has 3 nitrogen and oxygen atoms in total. The second kappa shape index (κ2) is 6.82. The summed E-state index contributed by atoms with van der Waals surface area (Å²) in [6.07, 6.45) is 1.85. The zero-order valence-corrected chi connectivity index (χ0v) is 14.4. The fraction of sp³-hybridized carbons (Fsp3) is 0.438. The highest BCUT2D eigenvalue weighted by molar-refractivity contribution is 6.42. The molecule has 0 saturated heterocycles. The van der Waals surface area contributed by atoms with E-state index >= 15 is 0 Å². The molecule has 0 amide bonds. The second-order valence-corrected chi connectivity index (χ2v) is 6.23. The van der Waals surface area contributed by atoms with Gasteiger partial charge in [0.25, 0.3) is 0 Å². The molecule has 114 valence electrons. The first kappa shape index (κ1) is 16.3. The SMILES string of the molecule is CNC(Cc1ccc(Cl)c(Cl)c1)Cc1c(C)nn(C)c1C. The third-order valence-corrected chi connectivity index (χ3v) is 4.72. The minimum Gasteiger partial charge on any atom is -0.316 e. The van der Waals surface area contributed by atoms with Crippen molar-refractivity contribution in [2.45, 2.75) is 32.7 Å². The van der Waals surface area contributed by atoms with E-state index in [1.807, 2.05) is 37.0 Å². The van der Waals surface area contributed by atoms with E-state index < -0.39 is 0 Å². The summed E-state index contributed by atoms with van der Waals surface area (Å²) in [4.78, 5) is 0. The van der Waals surface area contributed by atoms with Gasteiger partial charge in [-0.1, -0.05) is 29.3 Å². The highest BCUT2D eigenvalue weighted by atomic mass is 35.5. The molecular weight excluding hydrogens is 305 g/mol. The lowest BCUT2D eigenvalue weighted by molar-refractivity contribution is 0.553. The van der Waals surface area contributed by atoms with Gasteiger partial charge in [0.2, 0.25) is 0 Å². The number of halogens is 2. The van der Waals surface area contributed by atoms with Crippen molar-refractivity contribution >= 4 is 23.2 Å². The largest absolute Gasteiger partial charge is 0.316 e. The second-order valence-electron chi connectivity index (χ2n) is 5.42. The van der Waals surface area contributed by atoms with Crippen molar-refractivity contribution in [2.24, 2.45) is 7.05 Å². The van der Waals surface area contributed by atoms with Crippen LogP contribution in [0.2, 0.25) is 10.0 Å². The summed E-state index contributed by atoms with van der Waals surface area (Å²) < 4.78 is 1.94. The van der Waals surface area contributed by atoms with Crippen LogP contribution in [0.25, 0.3) is 0 Å². The molecule has 0 bridgehead atoms. The van der Waals surface area contributed by atoms with E-state index in [9.17, 15) is 0 Å². The first-order chi connectivity index (χ1) is 9.92. The molecule has 1 N–H and O–H groups in total. The molecule has 5 heteroatoms. The average Bonchev–Trinajstić information content (AvgIpc) is 2.68. The van der Waals surface area contributed by atoms with Crippen molar-refractivity contribution in [1.29, 1.82) is 0 Å². The van der Waals surface area contributed by atoms with Gasteiger partial charge >= 0.3 is 0 Å². The molecule has 0 saturated carbocycles. The molecule has 0 aliphatic rings. The maximum atomic E-state index is 6.09. The summed E-state index contributed by atoms with van der Waals surface area (Å²) in [6, 6.07) is 6.16. The standard InChI is InChI=1S/C16H21Cl2N3/c1-10-14(11(2)21(4)20-10)9-13(19-3)7-12-5-6-15(17)16(18)8-12/h5-6,8,13,19H,7,9H2,1-4H3. The van der Waals surface area contributed by atoms with E-state index in [-0.39, 0.29) is 0 Å². The van der Waals surface area contributed by atoms with Gasteiger partial charge in [0.15, 0.2) is 0 Å². The maximum absolute atomic E-state index is 6.09. The van der Waals surface area contributed by atoms with Gasteiger partial charge in [-0.05, 0) is 57.0 Å². The van der Waals surface area contributed by atoms with Crippen LogP contribution < -0.4 is 5.32 Å². The molecule has 2 rings (SSSR count). The topological polar surface area (TPSA) is 29.9 Å². The average molecular weight is 326 g/mol. The smallest absolute Gasteiger partial charge is 0.0628 e. The zero-order chi connectivity index (χ0) is 15.6. The number of nitrogens with one attached hydrogen (secondary N) is 1. The van der Waals surface area contributed by atoms with Crippen molar-refractivity contribution in [3.63, 3.8) is 0 Å². The van der Waals surface area contributed by atoms with E-state index in [0.717, 1.165) is 18.5 Å². The molecule has 0 aliphatic heterocycles. The van der Waals surface area contributed by atoms with E-state index in [2.05, 4.69) is 24.3 Å². The summed E-state index contributed by atoms with van der Waals surface area (Å²) in [5, 5.41) is 9.07. The normalized spacial score (nSPS) is 12.7. The zero-order valence-electron chi connectivity index (χ0n) is 12.9. The molecule has 1 unspecified atom stereocenters. The third-order valence-electron chi connectivity index (χ3n) is 3.98. The first-order valence-corrected chi connectivity index (χ1v) is 7.78. The number of hydrogen-bond acceptors (Lipinski definition) is 2. The Morgan fingerprint density at radius 1 is 1.19 bits per heavy atom. The minimum absolute atomic E-state index is 0.337. The van der Waals surface area contributed by atoms with Crippen LogP contribution in [-0.2, 0) is 19.9 Å². The van der Waals surface area contributed by atoms with Gasteiger partial charge in [0.05, 0.1) is 15.7 Å². The fourth-order valence-corrected chi connectivity index (χ4v) is 2.91. The predicted molar refractivity (Wildman–Crippen MR) is 89.4 cm³/mol. The van der Waals surface area contributed by atoms with Crippen molar-refractivity contribution < 1.29 is 0 Å². The molecule has 1 aromatic heterocycles. The Hall–Kier alpha value is -1.03. The summed E-state index contributed by atoms with van der Waals surface area (Å²) in [7, 11) is 3.97. The van der Waals surface area contributed by atoms with E-state index in [1.165, 1.54) is 16.8 Å². The van der Waals surface area contributed by atoms with E-state index in [1.54, 1.807) is 0 Å². The van der Waals surface area contributed by atoms with Gasteiger partial charge in [-0.25, -0.2) is 0 Å². The van der Waals surface area contributed by atoms with Gasteiger partial charge in [-0.2, -0.15) is 5.10 Å². The quantitative estimate of drug-likeness (QED) is 0.908. The first-order valence-electron chi connectivity index (χ1n) is 7.02. The lowest BCUT2D eigenvalue weighted by Crippen LogP contribution is -2.30. The monoisotopic (exact) mass is 325 g/mol. The molecule has 1 aromatic carbocycles. The molecule has 1 atom stereocenters. The Balaban J connectivity index is 2.14. The highest BCUT2D eigenvalue weighted by Gasteiger charge is 2.15. The van der Waals surface area contributed by atoms with Crippen molar-refractivity contribution in [3.8, 4) is 0 Å². The Morgan fingerprint density at radius 2 is 1.90 bits per heavy atom. The van der Waals surface area contributed by atoms with Crippen molar-refractivity contribution in [1.82, 2.24) is 15.1 Å². The number of rotatable bonds is 5. The lowest BCUT2D eigenvalue weighted by Gasteiger charge is -2.17. The van der Waals surface area contributed by atoms with Crippen LogP contribution >= 0.6 is 23.2 Å². The van der Waals surface area contributed by atoms with Crippen LogP contribution in [0.3, 0.4) is 0 Å². The van der Waals surface area contributed by atoms with Crippen LogP contribution in [-0.4, -0.2) is 22.9 Å².